The number of nitrogens with zero attached hydrogens (tertiary/aromatic N) is 2. The number of aromatic nitrogens is 2. The Bertz CT molecular complexity index is 627. The number of aryl methyl sites for hydroxylation is 2. The van der Waals surface area contributed by atoms with E-state index in [2.05, 4.69) is 0 Å². The van der Waals surface area contributed by atoms with E-state index >= 15 is 0 Å². The van der Waals surface area contributed by atoms with Crippen molar-refractivity contribution < 1.29 is 9.50 Å². The van der Waals surface area contributed by atoms with E-state index < -0.39 is 0 Å². The fourth-order valence-electron chi connectivity index (χ4n) is 1.99. The summed E-state index contributed by atoms with van der Waals surface area (Å²) in [6.45, 7) is 3.22. The lowest BCUT2D eigenvalue weighted by Crippen LogP contribution is -2.26. The van der Waals surface area contributed by atoms with Gasteiger partial charge in [-0.3, -0.25) is 9.13 Å². The number of aliphatic hydroxyl groups excluding tert-OH is 1. The molecule has 4 nitrogen and oxygen atoms in total. The second-order valence-corrected chi connectivity index (χ2v) is 4.33. The maximum atomic E-state index is 13.5. The van der Waals surface area contributed by atoms with Crippen LogP contribution in [0.4, 0.5) is 4.39 Å². The van der Waals surface area contributed by atoms with Crippen molar-refractivity contribution in [1.82, 2.24) is 9.13 Å². The van der Waals surface area contributed by atoms with Crippen LogP contribution < -0.4 is 5.69 Å². The summed E-state index contributed by atoms with van der Waals surface area (Å²) < 4.78 is 16.4. The van der Waals surface area contributed by atoms with Gasteiger partial charge < -0.3 is 5.11 Å². The molecule has 1 aromatic heterocycles. The minimum absolute atomic E-state index is 0.158. The Morgan fingerprint density at radius 3 is 2.65 bits per heavy atom. The van der Waals surface area contributed by atoms with Crippen LogP contribution in [-0.4, -0.2) is 20.8 Å². The molecule has 0 fully saturated rings. The van der Waals surface area contributed by atoms with Gasteiger partial charge in [-0.25, -0.2) is 9.18 Å². The molecule has 0 saturated carbocycles. The lowest BCUT2D eigenvalue weighted by Gasteiger charge is -2.09. The Hall–Kier alpha value is -1.62. The van der Waals surface area contributed by atoms with Gasteiger partial charge in [0.2, 0.25) is 0 Å². The molecule has 1 aromatic carbocycles. The fourth-order valence-corrected chi connectivity index (χ4v) is 1.99. The molecule has 2 rings (SSSR count). The quantitative estimate of drug-likeness (QED) is 0.858. The van der Waals surface area contributed by atoms with Crippen LogP contribution in [0.15, 0.2) is 16.9 Å². The van der Waals surface area contributed by atoms with Crippen molar-refractivity contribution in [2.24, 2.45) is 7.05 Å². The molecule has 5 heteroatoms. The Morgan fingerprint density at radius 1 is 1.41 bits per heavy atom. The average molecular weight is 238 g/mol. The van der Waals surface area contributed by atoms with Crippen molar-refractivity contribution in [3.05, 3.63) is 34.0 Å². The maximum Gasteiger partial charge on any atom is 0.329 e. The molecule has 1 atom stereocenters. The molecule has 1 N–H and O–H groups in total. The summed E-state index contributed by atoms with van der Waals surface area (Å²) in [5.41, 5.74) is 1.45. The minimum atomic E-state index is -0.367. The number of imidazole rings is 1. The SMILES string of the molecule is Cc1cc2c(cc1F)n(C(C)CO)c(=O)n2C. The summed E-state index contributed by atoms with van der Waals surface area (Å²) in [6, 6.07) is 2.62. The van der Waals surface area contributed by atoms with Crippen LogP contribution >= 0.6 is 0 Å². The van der Waals surface area contributed by atoms with Gasteiger partial charge in [-0.2, -0.15) is 0 Å². The van der Waals surface area contributed by atoms with Crippen molar-refractivity contribution in [2.75, 3.05) is 6.61 Å². The molecule has 0 aliphatic carbocycles. The predicted molar refractivity (Wildman–Crippen MR) is 63.7 cm³/mol. The van der Waals surface area contributed by atoms with Crippen LogP contribution in [0.25, 0.3) is 11.0 Å². The third kappa shape index (κ3) is 1.67. The average Bonchev–Trinajstić information content (AvgIpc) is 2.53. The summed E-state index contributed by atoms with van der Waals surface area (Å²) in [7, 11) is 1.64. The van der Waals surface area contributed by atoms with Crippen LogP contribution in [0.5, 0.6) is 0 Å². The molecule has 0 radical (unpaired) electrons. The van der Waals surface area contributed by atoms with E-state index in [1.807, 2.05) is 0 Å². The number of hydrogen-bond acceptors (Lipinski definition) is 2. The molecular weight excluding hydrogens is 223 g/mol. The Balaban J connectivity index is 2.89. The molecule has 0 spiro atoms. The zero-order chi connectivity index (χ0) is 12.7. The van der Waals surface area contributed by atoms with Crippen molar-refractivity contribution >= 4 is 11.0 Å². The molecule has 0 aliphatic heterocycles. The molecule has 17 heavy (non-hydrogen) atoms. The van der Waals surface area contributed by atoms with Crippen LogP contribution in [-0.2, 0) is 7.05 Å². The first-order valence-corrected chi connectivity index (χ1v) is 5.45. The van der Waals surface area contributed by atoms with Crippen molar-refractivity contribution in [3.63, 3.8) is 0 Å². The highest BCUT2D eigenvalue weighted by atomic mass is 19.1. The second-order valence-electron chi connectivity index (χ2n) is 4.33. The Kier molecular flexibility index (Phi) is 2.79. The van der Waals surface area contributed by atoms with Gasteiger partial charge in [-0.05, 0) is 25.5 Å². The summed E-state index contributed by atoms with van der Waals surface area (Å²) >= 11 is 0. The molecule has 0 amide bonds. The monoisotopic (exact) mass is 238 g/mol. The number of halogens is 1. The second kappa shape index (κ2) is 4.00. The van der Waals surface area contributed by atoms with E-state index in [1.54, 1.807) is 27.0 Å². The number of aliphatic hydroxyl groups is 1. The standard InChI is InChI=1S/C12H15FN2O2/c1-7-4-10-11(5-9(7)13)15(8(2)6-16)12(17)14(10)3/h4-5,8,16H,6H2,1-3H3. The van der Waals surface area contributed by atoms with Gasteiger partial charge in [-0.15, -0.1) is 0 Å². The van der Waals surface area contributed by atoms with E-state index in [-0.39, 0.29) is 24.2 Å². The molecule has 1 unspecified atom stereocenters. The fraction of sp³-hybridized carbons (Fsp3) is 0.417. The van der Waals surface area contributed by atoms with Crippen molar-refractivity contribution in [1.29, 1.82) is 0 Å². The van der Waals surface area contributed by atoms with Crippen molar-refractivity contribution in [3.8, 4) is 0 Å². The zero-order valence-corrected chi connectivity index (χ0v) is 10.1. The van der Waals surface area contributed by atoms with E-state index in [0.29, 0.717) is 16.6 Å². The number of hydrogen-bond donors (Lipinski definition) is 1. The van der Waals surface area contributed by atoms with Crippen molar-refractivity contribution in [2.45, 2.75) is 19.9 Å². The van der Waals surface area contributed by atoms with E-state index in [1.165, 1.54) is 15.2 Å². The predicted octanol–water partition coefficient (Wildman–Crippen LogP) is 1.34. The van der Waals surface area contributed by atoms with Crippen LogP contribution in [0.3, 0.4) is 0 Å². The zero-order valence-electron chi connectivity index (χ0n) is 10.1. The lowest BCUT2D eigenvalue weighted by molar-refractivity contribution is 0.238. The molecular formula is C12H15FN2O2. The van der Waals surface area contributed by atoms with E-state index in [9.17, 15) is 9.18 Å². The summed E-state index contributed by atoms with van der Waals surface area (Å²) in [4.78, 5) is 12.0. The molecule has 1 heterocycles. The van der Waals surface area contributed by atoms with Gasteiger partial charge in [0.05, 0.1) is 23.7 Å². The van der Waals surface area contributed by atoms with Gasteiger partial charge in [0.1, 0.15) is 5.82 Å². The van der Waals surface area contributed by atoms with Gasteiger partial charge in [0.15, 0.2) is 0 Å². The Morgan fingerprint density at radius 2 is 2.06 bits per heavy atom. The molecule has 0 bridgehead atoms. The molecule has 92 valence electrons. The smallest absolute Gasteiger partial charge is 0.329 e. The molecule has 0 aliphatic rings. The first-order chi connectivity index (χ1) is 7.97. The van der Waals surface area contributed by atoms with E-state index in [4.69, 9.17) is 5.11 Å². The maximum absolute atomic E-state index is 13.5. The number of fused-ring (bicyclic) bond motifs is 1. The highest BCUT2D eigenvalue weighted by Gasteiger charge is 2.16. The molecule has 2 aromatic rings. The topological polar surface area (TPSA) is 47.2 Å². The summed E-state index contributed by atoms with van der Waals surface area (Å²) in [5, 5.41) is 9.14. The third-order valence-electron chi connectivity index (χ3n) is 3.07. The lowest BCUT2D eigenvalue weighted by atomic mass is 10.2. The highest BCUT2D eigenvalue weighted by Crippen LogP contribution is 2.20. The van der Waals surface area contributed by atoms with Crippen LogP contribution in [0, 0.1) is 12.7 Å². The first kappa shape index (κ1) is 11.9. The van der Waals surface area contributed by atoms with Gasteiger partial charge >= 0.3 is 5.69 Å². The number of benzene rings is 1. The van der Waals surface area contributed by atoms with E-state index in [0.717, 1.165) is 0 Å². The first-order valence-electron chi connectivity index (χ1n) is 5.45. The van der Waals surface area contributed by atoms with Gasteiger partial charge in [0, 0.05) is 13.1 Å². The minimum Gasteiger partial charge on any atom is -0.394 e. The molecule has 0 saturated heterocycles. The third-order valence-corrected chi connectivity index (χ3v) is 3.07. The normalized spacial score (nSPS) is 13.2. The summed E-state index contributed by atoms with van der Waals surface area (Å²) in [6.07, 6.45) is 0. The Labute approximate surface area is 97.9 Å². The van der Waals surface area contributed by atoms with Crippen LogP contribution in [0.2, 0.25) is 0 Å². The van der Waals surface area contributed by atoms with Crippen LogP contribution in [0.1, 0.15) is 18.5 Å². The van der Waals surface area contributed by atoms with Gasteiger partial charge in [0.25, 0.3) is 0 Å². The highest BCUT2D eigenvalue weighted by molar-refractivity contribution is 5.77. The number of rotatable bonds is 2. The largest absolute Gasteiger partial charge is 0.394 e. The summed E-state index contributed by atoms with van der Waals surface area (Å²) in [5.74, 6) is -0.345. The van der Waals surface area contributed by atoms with Gasteiger partial charge in [-0.1, -0.05) is 0 Å².